The molecule has 0 spiro atoms. The van der Waals surface area contributed by atoms with Crippen LogP contribution in [0, 0.1) is 11.8 Å². The summed E-state index contributed by atoms with van der Waals surface area (Å²) in [7, 11) is 0. The molecule has 2 N–H and O–H groups in total. The summed E-state index contributed by atoms with van der Waals surface area (Å²) in [5.41, 5.74) is 0.723. The Kier molecular flexibility index (Phi) is 3.92. The van der Waals surface area contributed by atoms with Crippen molar-refractivity contribution in [1.29, 1.82) is 0 Å². The fourth-order valence-corrected chi connectivity index (χ4v) is 4.62. The molecule has 0 radical (unpaired) electrons. The summed E-state index contributed by atoms with van der Waals surface area (Å²) in [4.78, 5) is 13.9. The fraction of sp³-hybridized carbons (Fsp3) is 0.556. The molecular formula is C18H22ClN3O3. The summed E-state index contributed by atoms with van der Waals surface area (Å²) in [6.45, 7) is 4.97. The Balaban J connectivity index is 1.55. The molecule has 6 nitrogen and oxygen atoms in total. The third-order valence-corrected chi connectivity index (χ3v) is 5.61. The largest absolute Gasteiger partial charge is 0.447 e. The molecule has 134 valence electrons. The van der Waals surface area contributed by atoms with E-state index in [4.69, 9.17) is 16.3 Å². The zero-order valence-corrected chi connectivity index (χ0v) is 15.1. The second-order valence-electron chi connectivity index (χ2n) is 7.58. The minimum atomic E-state index is -0.934. The quantitative estimate of drug-likeness (QED) is 0.858. The number of aromatic amines is 1. The van der Waals surface area contributed by atoms with Crippen LogP contribution in [0.25, 0.3) is 10.9 Å². The highest BCUT2D eigenvalue weighted by atomic mass is 35.5. The van der Waals surface area contributed by atoms with E-state index in [9.17, 15) is 9.90 Å². The molecule has 1 aliphatic heterocycles. The van der Waals surface area contributed by atoms with E-state index in [1.165, 1.54) is 0 Å². The van der Waals surface area contributed by atoms with E-state index in [0.29, 0.717) is 31.0 Å². The number of H-pyrrole nitrogens is 1. The van der Waals surface area contributed by atoms with Gasteiger partial charge in [-0.2, -0.15) is 5.10 Å². The van der Waals surface area contributed by atoms with Crippen molar-refractivity contribution >= 4 is 28.6 Å². The number of aliphatic hydroxyl groups is 1. The molecule has 0 bridgehead atoms. The van der Waals surface area contributed by atoms with Crippen LogP contribution in [0.1, 0.15) is 32.3 Å². The molecule has 4 rings (SSSR count). The van der Waals surface area contributed by atoms with Crippen LogP contribution >= 0.6 is 11.6 Å². The highest BCUT2D eigenvalue weighted by Crippen LogP contribution is 2.50. The first kappa shape index (κ1) is 16.7. The van der Waals surface area contributed by atoms with Crippen molar-refractivity contribution in [3.05, 3.63) is 28.9 Å². The molecule has 1 amide bonds. The van der Waals surface area contributed by atoms with E-state index in [2.05, 4.69) is 10.2 Å². The molecule has 2 fully saturated rings. The number of carbonyl (C=O) groups excluding carboxylic acids is 1. The van der Waals surface area contributed by atoms with Gasteiger partial charge in [0.1, 0.15) is 0 Å². The molecule has 0 unspecified atom stereocenters. The van der Waals surface area contributed by atoms with Crippen LogP contribution < -0.4 is 0 Å². The highest BCUT2D eigenvalue weighted by molar-refractivity contribution is 6.31. The van der Waals surface area contributed by atoms with Gasteiger partial charge in [0.15, 0.2) is 0 Å². The third kappa shape index (κ3) is 2.87. The van der Waals surface area contributed by atoms with Gasteiger partial charge < -0.3 is 14.7 Å². The van der Waals surface area contributed by atoms with Crippen LogP contribution in [0.3, 0.4) is 0 Å². The molecule has 2 aromatic rings. The van der Waals surface area contributed by atoms with Gasteiger partial charge in [0.2, 0.25) is 0 Å². The number of aromatic nitrogens is 2. The first-order valence-corrected chi connectivity index (χ1v) is 9.04. The van der Waals surface area contributed by atoms with Gasteiger partial charge in [0.25, 0.3) is 0 Å². The average molecular weight is 364 g/mol. The topological polar surface area (TPSA) is 78.5 Å². The number of ether oxygens (including phenoxy) is 1. The number of halogens is 1. The third-order valence-electron chi connectivity index (χ3n) is 5.40. The van der Waals surface area contributed by atoms with Gasteiger partial charge in [0, 0.05) is 23.5 Å². The Morgan fingerprint density at radius 3 is 2.72 bits per heavy atom. The second kappa shape index (κ2) is 5.88. The number of fused-ring (bicyclic) bond motifs is 2. The molecule has 7 heteroatoms. The summed E-state index contributed by atoms with van der Waals surface area (Å²) in [6, 6.07) is 3.65. The smallest absolute Gasteiger partial charge is 0.410 e. The average Bonchev–Trinajstić information content (AvgIpc) is 3.18. The maximum atomic E-state index is 12.1. The van der Waals surface area contributed by atoms with Crippen molar-refractivity contribution in [2.75, 3.05) is 13.1 Å². The Morgan fingerprint density at radius 2 is 2.08 bits per heavy atom. The fourth-order valence-electron chi connectivity index (χ4n) is 4.40. The number of carbonyl (C=O) groups is 1. The zero-order valence-electron chi connectivity index (χ0n) is 14.3. The number of hydrogen-bond donors (Lipinski definition) is 2. The molecule has 3 atom stereocenters. The number of amides is 1. The van der Waals surface area contributed by atoms with Crippen LogP contribution in [0.2, 0.25) is 5.02 Å². The van der Waals surface area contributed by atoms with Gasteiger partial charge in [0.05, 0.1) is 23.4 Å². The van der Waals surface area contributed by atoms with Crippen LogP contribution in [-0.4, -0.2) is 45.5 Å². The van der Waals surface area contributed by atoms with Crippen molar-refractivity contribution in [3.8, 4) is 0 Å². The van der Waals surface area contributed by atoms with Crippen LogP contribution in [0.15, 0.2) is 18.3 Å². The second-order valence-corrected chi connectivity index (χ2v) is 8.02. The lowest BCUT2D eigenvalue weighted by Gasteiger charge is -2.27. The van der Waals surface area contributed by atoms with Crippen LogP contribution in [0.5, 0.6) is 0 Å². The molecule has 1 aromatic heterocycles. The zero-order chi connectivity index (χ0) is 17.8. The van der Waals surface area contributed by atoms with E-state index in [0.717, 1.165) is 16.5 Å². The molecule has 2 heterocycles. The number of nitrogens with zero attached hydrogens (tertiary/aromatic N) is 2. The van der Waals surface area contributed by atoms with Gasteiger partial charge >= 0.3 is 6.09 Å². The standard InChI is InChI=1S/C18H22ClN3O3/c1-10(2)25-17(23)22-8-11-5-18(24,6-12(11)9-22)15-3-13(19)4-16-14(15)7-20-21-16/h3-4,7,10-12,24H,5-6,8-9H2,1-2H3,(H,20,21)/t11-,12+,18-. The van der Waals surface area contributed by atoms with Crippen molar-refractivity contribution < 1.29 is 14.6 Å². The van der Waals surface area contributed by atoms with Crippen LogP contribution in [0.4, 0.5) is 4.79 Å². The van der Waals surface area contributed by atoms with Gasteiger partial charge in [-0.1, -0.05) is 11.6 Å². The summed E-state index contributed by atoms with van der Waals surface area (Å²) in [5.74, 6) is 0.538. The summed E-state index contributed by atoms with van der Waals surface area (Å²) in [6.07, 6.45) is 2.59. The van der Waals surface area contributed by atoms with E-state index >= 15 is 0 Å². The molecule has 1 saturated carbocycles. The Bertz CT molecular complexity index is 805. The van der Waals surface area contributed by atoms with Crippen molar-refractivity contribution in [2.45, 2.75) is 38.4 Å². The predicted octanol–water partition coefficient (Wildman–Crippen LogP) is 3.29. The number of hydrogen-bond acceptors (Lipinski definition) is 4. The summed E-state index contributed by atoms with van der Waals surface area (Å²) >= 11 is 6.23. The van der Waals surface area contributed by atoms with Gasteiger partial charge in [-0.15, -0.1) is 0 Å². The lowest BCUT2D eigenvalue weighted by molar-refractivity contribution is 0.0298. The molecule has 1 aliphatic carbocycles. The first-order chi connectivity index (χ1) is 11.9. The van der Waals surface area contributed by atoms with E-state index < -0.39 is 5.60 Å². The molecule has 25 heavy (non-hydrogen) atoms. The SMILES string of the molecule is CC(C)OC(=O)N1C[C@@H]2C[C@@](O)(c3cc(Cl)cc4[nH]ncc34)C[C@@H]2C1. The summed E-state index contributed by atoms with van der Waals surface area (Å²) < 4.78 is 5.29. The monoisotopic (exact) mass is 363 g/mol. The molecule has 1 aromatic carbocycles. The van der Waals surface area contributed by atoms with Gasteiger partial charge in [-0.25, -0.2) is 4.79 Å². The van der Waals surface area contributed by atoms with Crippen molar-refractivity contribution in [2.24, 2.45) is 11.8 Å². The summed E-state index contributed by atoms with van der Waals surface area (Å²) in [5, 5.41) is 19.8. The maximum Gasteiger partial charge on any atom is 0.410 e. The lowest BCUT2D eigenvalue weighted by atomic mass is 9.88. The maximum absolute atomic E-state index is 12.1. The Morgan fingerprint density at radius 1 is 1.40 bits per heavy atom. The molecule has 2 aliphatic rings. The Labute approximate surface area is 151 Å². The minimum absolute atomic E-state index is 0.120. The van der Waals surface area contributed by atoms with Gasteiger partial charge in [-0.3, -0.25) is 5.10 Å². The van der Waals surface area contributed by atoms with Crippen molar-refractivity contribution in [3.63, 3.8) is 0 Å². The van der Waals surface area contributed by atoms with E-state index in [1.54, 1.807) is 11.1 Å². The molecule has 1 saturated heterocycles. The number of nitrogens with one attached hydrogen (secondary N) is 1. The predicted molar refractivity (Wildman–Crippen MR) is 94.4 cm³/mol. The lowest BCUT2D eigenvalue weighted by Crippen LogP contribution is -2.34. The Hall–Kier alpha value is -1.79. The van der Waals surface area contributed by atoms with Gasteiger partial charge in [-0.05, 0) is 56.2 Å². The number of rotatable bonds is 2. The first-order valence-electron chi connectivity index (χ1n) is 8.67. The van der Waals surface area contributed by atoms with E-state index in [-0.39, 0.29) is 24.0 Å². The minimum Gasteiger partial charge on any atom is -0.447 e. The van der Waals surface area contributed by atoms with Crippen LogP contribution in [-0.2, 0) is 10.3 Å². The van der Waals surface area contributed by atoms with E-state index in [1.807, 2.05) is 26.0 Å². The number of benzene rings is 1. The number of likely N-dealkylation sites (tertiary alicyclic amines) is 1. The van der Waals surface area contributed by atoms with Crippen molar-refractivity contribution in [1.82, 2.24) is 15.1 Å². The highest BCUT2D eigenvalue weighted by Gasteiger charge is 2.50. The molecular weight excluding hydrogens is 342 g/mol. The normalized spacial score (nSPS) is 28.8.